The summed E-state index contributed by atoms with van der Waals surface area (Å²) < 4.78 is 16.4. The summed E-state index contributed by atoms with van der Waals surface area (Å²) in [4.78, 5) is 4.68. The first-order valence-electron chi connectivity index (χ1n) is 7.43. The molecule has 0 saturated heterocycles. The molecule has 0 amide bonds. The molecule has 114 valence electrons. The van der Waals surface area contributed by atoms with Gasteiger partial charge in [0, 0.05) is 36.8 Å². The van der Waals surface area contributed by atoms with E-state index in [0.29, 0.717) is 13.2 Å². The average Bonchev–Trinajstić information content (AvgIpc) is 2.52. The molecule has 0 aliphatic rings. The lowest BCUT2D eigenvalue weighted by molar-refractivity contribution is -0.139. The Morgan fingerprint density at radius 1 is 1.05 bits per heavy atom. The number of hydrogen-bond acceptors (Lipinski definition) is 4. The van der Waals surface area contributed by atoms with Crippen LogP contribution in [0.5, 0.6) is 5.75 Å². The molecule has 1 aromatic carbocycles. The normalized spacial score (nSPS) is 11.2. The molecule has 1 aromatic heterocycles. The number of methoxy groups -OCH3 is 1. The van der Waals surface area contributed by atoms with Crippen LogP contribution < -0.4 is 4.74 Å². The molecule has 0 fully saturated rings. The van der Waals surface area contributed by atoms with Crippen molar-refractivity contribution in [3.05, 3.63) is 36.0 Å². The van der Waals surface area contributed by atoms with Crippen molar-refractivity contribution in [2.45, 2.75) is 33.0 Å². The Labute approximate surface area is 126 Å². The van der Waals surface area contributed by atoms with E-state index in [1.165, 1.54) is 0 Å². The van der Waals surface area contributed by atoms with Crippen LogP contribution in [0.2, 0.25) is 0 Å². The van der Waals surface area contributed by atoms with E-state index >= 15 is 0 Å². The summed E-state index contributed by atoms with van der Waals surface area (Å²) in [5.74, 6) is 0.827. The molecular formula is C17H23NO3. The van der Waals surface area contributed by atoms with Gasteiger partial charge in [-0.2, -0.15) is 0 Å². The summed E-state index contributed by atoms with van der Waals surface area (Å²) in [6.45, 7) is 5.28. The Balaban J connectivity index is 2.07. The predicted octanol–water partition coefficient (Wildman–Crippen LogP) is 3.58. The van der Waals surface area contributed by atoms with Gasteiger partial charge in [-0.15, -0.1) is 0 Å². The summed E-state index contributed by atoms with van der Waals surface area (Å²) in [5.41, 5.74) is 2.00. The lowest BCUT2D eigenvalue weighted by Crippen LogP contribution is -2.18. The Morgan fingerprint density at radius 3 is 2.43 bits per heavy atom. The van der Waals surface area contributed by atoms with Crippen LogP contribution in [0.25, 0.3) is 10.9 Å². The van der Waals surface area contributed by atoms with Crippen molar-refractivity contribution in [2.75, 3.05) is 20.3 Å². The number of pyridine rings is 1. The van der Waals surface area contributed by atoms with Crippen LogP contribution in [0.4, 0.5) is 0 Å². The molecular weight excluding hydrogens is 266 g/mol. The van der Waals surface area contributed by atoms with Crippen LogP contribution in [0.3, 0.4) is 0 Å². The minimum atomic E-state index is -0.150. The highest BCUT2D eigenvalue weighted by Crippen LogP contribution is 2.20. The van der Waals surface area contributed by atoms with E-state index in [2.05, 4.69) is 17.1 Å². The fraction of sp³-hybridized carbons (Fsp3) is 0.471. The average molecular weight is 289 g/mol. The highest BCUT2D eigenvalue weighted by molar-refractivity contribution is 5.80. The maximum absolute atomic E-state index is 5.56. The highest BCUT2D eigenvalue weighted by Gasteiger charge is 2.09. The zero-order chi connectivity index (χ0) is 15.1. The van der Waals surface area contributed by atoms with Gasteiger partial charge in [0.2, 0.25) is 0 Å². The summed E-state index contributed by atoms with van der Waals surface area (Å²) in [5, 5.41) is 1.12. The highest BCUT2D eigenvalue weighted by atomic mass is 16.7. The van der Waals surface area contributed by atoms with Crippen molar-refractivity contribution >= 4 is 10.9 Å². The second-order valence-electron chi connectivity index (χ2n) is 4.74. The Hall–Kier alpha value is -1.65. The predicted molar refractivity (Wildman–Crippen MR) is 83.7 cm³/mol. The van der Waals surface area contributed by atoms with Crippen molar-refractivity contribution in [3.63, 3.8) is 0 Å². The van der Waals surface area contributed by atoms with E-state index in [1.54, 1.807) is 7.11 Å². The van der Waals surface area contributed by atoms with Crippen molar-refractivity contribution in [3.8, 4) is 5.75 Å². The van der Waals surface area contributed by atoms with Crippen LogP contribution in [-0.4, -0.2) is 31.6 Å². The largest absolute Gasteiger partial charge is 0.497 e. The van der Waals surface area contributed by atoms with Gasteiger partial charge in [0.25, 0.3) is 0 Å². The molecule has 0 saturated carbocycles. The van der Waals surface area contributed by atoms with Gasteiger partial charge >= 0.3 is 0 Å². The number of aromatic nitrogens is 1. The van der Waals surface area contributed by atoms with E-state index in [9.17, 15) is 0 Å². The molecule has 0 unspecified atom stereocenters. The molecule has 0 spiro atoms. The van der Waals surface area contributed by atoms with E-state index in [1.807, 2.05) is 32.0 Å². The van der Waals surface area contributed by atoms with Crippen LogP contribution in [0.15, 0.2) is 30.3 Å². The first kappa shape index (κ1) is 15.7. The van der Waals surface area contributed by atoms with Crippen LogP contribution in [0, 0.1) is 0 Å². The number of rotatable bonds is 8. The van der Waals surface area contributed by atoms with Gasteiger partial charge in [-0.3, -0.25) is 4.98 Å². The van der Waals surface area contributed by atoms with Crippen molar-refractivity contribution in [1.29, 1.82) is 0 Å². The van der Waals surface area contributed by atoms with Crippen molar-refractivity contribution in [1.82, 2.24) is 4.98 Å². The fourth-order valence-corrected chi connectivity index (χ4v) is 2.26. The molecule has 2 aromatic rings. The summed E-state index contributed by atoms with van der Waals surface area (Å²) in [6.07, 6.45) is 1.49. The number of nitrogens with zero attached hydrogens (tertiary/aromatic N) is 1. The van der Waals surface area contributed by atoms with Gasteiger partial charge in [0.15, 0.2) is 6.29 Å². The third-order valence-corrected chi connectivity index (χ3v) is 3.30. The van der Waals surface area contributed by atoms with Gasteiger partial charge in [0.05, 0.1) is 12.6 Å². The summed E-state index contributed by atoms with van der Waals surface area (Å²) in [7, 11) is 1.67. The van der Waals surface area contributed by atoms with Gasteiger partial charge in [-0.05, 0) is 38.5 Å². The van der Waals surface area contributed by atoms with Crippen LogP contribution in [0.1, 0.15) is 26.0 Å². The van der Waals surface area contributed by atoms with Gasteiger partial charge < -0.3 is 14.2 Å². The molecule has 4 heteroatoms. The van der Waals surface area contributed by atoms with Crippen LogP contribution in [-0.2, 0) is 15.9 Å². The fourth-order valence-electron chi connectivity index (χ4n) is 2.26. The molecule has 0 radical (unpaired) electrons. The molecule has 0 bridgehead atoms. The number of aryl methyl sites for hydroxylation is 1. The quantitative estimate of drug-likeness (QED) is 0.697. The molecule has 0 aliphatic heterocycles. The van der Waals surface area contributed by atoms with Gasteiger partial charge in [0.1, 0.15) is 5.75 Å². The van der Waals surface area contributed by atoms with Crippen molar-refractivity contribution < 1.29 is 14.2 Å². The van der Waals surface area contributed by atoms with E-state index in [-0.39, 0.29) is 6.29 Å². The zero-order valence-corrected chi connectivity index (χ0v) is 13.0. The van der Waals surface area contributed by atoms with Gasteiger partial charge in [-0.25, -0.2) is 0 Å². The third-order valence-electron chi connectivity index (χ3n) is 3.30. The Kier molecular flexibility index (Phi) is 5.96. The number of benzene rings is 1. The smallest absolute Gasteiger partial charge is 0.157 e. The first-order chi connectivity index (χ1) is 10.3. The lowest BCUT2D eigenvalue weighted by atomic mass is 10.1. The number of ether oxygens (including phenoxy) is 3. The summed E-state index contributed by atoms with van der Waals surface area (Å²) in [6, 6.07) is 10.1. The first-order valence-corrected chi connectivity index (χ1v) is 7.43. The standard InChI is InChI=1S/C17H23NO3/c1-4-20-17(21-5-2)11-9-14-8-6-13-7-10-15(19-3)12-16(13)18-14/h6-8,10,12,17H,4-5,9,11H2,1-3H3. The Morgan fingerprint density at radius 2 is 1.76 bits per heavy atom. The molecule has 4 nitrogen and oxygen atoms in total. The molecule has 0 N–H and O–H groups in total. The van der Waals surface area contributed by atoms with Crippen molar-refractivity contribution in [2.24, 2.45) is 0 Å². The second-order valence-corrected chi connectivity index (χ2v) is 4.74. The van der Waals surface area contributed by atoms with E-state index in [0.717, 1.165) is 35.2 Å². The number of fused-ring (bicyclic) bond motifs is 1. The molecule has 0 atom stereocenters. The van der Waals surface area contributed by atoms with Crippen LogP contribution >= 0.6 is 0 Å². The monoisotopic (exact) mass is 289 g/mol. The molecule has 1 heterocycles. The molecule has 21 heavy (non-hydrogen) atoms. The lowest BCUT2D eigenvalue weighted by Gasteiger charge is -2.16. The maximum Gasteiger partial charge on any atom is 0.157 e. The molecule has 0 aliphatic carbocycles. The van der Waals surface area contributed by atoms with Gasteiger partial charge in [-0.1, -0.05) is 6.07 Å². The zero-order valence-electron chi connectivity index (χ0n) is 13.0. The minimum Gasteiger partial charge on any atom is -0.497 e. The van der Waals surface area contributed by atoms with E-state index < -0.39 is 0 Å². The maximum atomic E-state index is 5.56. The molecule has 2 rings (SSSR count). The minimum absolute atomic E-state index is 0.150. The topological polar surface area (TPSA) is 40.6 Å². The third kappa shape index (κ3) is 4.41. The summed E-state index contributed by atoms with van der Waals surface area (Å²) >= 11 is 0. The number of hydrogen-bond donors (Lipinski definition) is 0. The van der Waals surface area contributed by atoms with E-state index in [4.69, 9.17) is 14.2 Å². The SMILES string of the molecule is CCOC(CCc1ccc2ccc(OC)cc2n1)OCC. The second kappa shape index (κ2) is 7.96. The Bertz CT molecular complexity index is 565.